The van der Waals surface area contributed by atoms with Crippen molar-refractivity contribution >= 4 is 27.5 Å². The Morgan fingerprint density at radius 1 is 1.12 bits per heavy atom. The Balaban J connectivity index is 1.49. The molecule has 2 aromatic rings. The number of nitrogens with one attached hydrogen (secondary N) is 1. The fraction of sp³-hybridized carbons (Fsp3) is 0.364. The Hall–Kier alpha value is -3.11. The van der Waals surface area contributed by atoms with E-state index in [-0.39, 0.29) is 42.9 Å². The molecule has 32 heavy (non-hydrogen) atoms. The second-order valence-electron chi connectivity index (χ2n) is 7.79. The van der Waals surface area contributed by atoms with Crippen molar-refractivity contribution in [3.8, 4) is 11.5 Å². The first-order valence-corrected chi connectivity index (χ1v) is 11.7. The predicted octanol–water partition coefficient (Wildman–Crippen LogP) is 1.87. The number of carbonyl (C=O) groups excluding carboxylic acids is 2. The molecule has 2 aliphatic rings. The summed E-state index contributed by atoms with van der Waals surface area (Å²) in [5.41, 5.74) is 1.50. The lowest BCUT2D eigenvalue weighted by Gasteiger charge is -2.34. The average molecular weight is 460 g/mol. The number of amides is 2. The highest BCUT2D eigenvalue weighted by atomic mass is 32.2. The van der Waals surface area contributed by atoms with Crippen LogP contribution in [0.2, 0.25) is 0 Å². The van der Waals surface area contributed by atoms with E-state index in [0.29, 0.717) is 28.3 Å². The number of fused-ring (bicyclic) bond motifs is 1. The molecule has 0 unspecified atom stereocenters. The first kappa shape index (κ1) is 22.1. The lowest BCUT2D eigenvalue weighted by Crippen LogP contribution is -2.50. The van der Waals surface area contributed by atoms with Gasteiger partial charge in [0.05, 0.1) is 17.7 Å². The molecule has 0 radical (unpaired) electrons. The predicted molar refractivity (Wildman–Crippen MR) is 118 cm³/mol. The number of aryl methyl sites for hydroxylation is 1. The van der Waals surface area contributed by atoms with E-state index in [9.17, 15) is 18.0 Å². The van der Waals surface area contributed by atoms with Gasteiger partial charge in [-0.3, -0.25) is 9.59 Å². The van der Waals surface area contributed by atoms with Crippen molar-refractivity contribution in [2.24, 2.45) is 0 Å². The molecule has 0 bridgehead atoms. The van der Waals surface area contributed by atoms with Crippen LogP contribution in [0.1, 0.15) is 22.8 Å². The minimum absolute atomic E-state index is 0.134. The molecule has 9 nitrogen and oxygen atoms in total. The quantitative estimate of drug-likeness (QED) is 0.748. The maximum absolute atomic E-state index is 13.3. The summed E-state index contributed by atoms with van der Waals surface area (Å²) in [4.78, 5) is 26.4. The Morgan fingerprint density at radius 2 is 1.78 bits per heavy atom. The van der Waals surface area contributed by atoms with Crippen LogP contribution < -0.4 is 14.8 Å². The molecule has 2 aromatic carbocycles. The van der Waals surface area contributed by atoms with Crippen LogP contribution in [0, 0.1) is 6.92 Å². The van der Waals surface area contributed by atoms with Gasteiger partial charge < -0.3 is 19.7 Å². The average Bonchev–Trinajstić information content (AvgIpc) is 2.79. The van der Waals surface area contributed by atoms with Crippen molar-refractivity contribution in [1.82, 2.24) is 9.21 Å². The summed E-state index contributed by atoms with van der Waals surface area (Å²) in [6.07, 6.45) is -0.701. The number of hydrogen-bond donors (Lipinski definition) is 1. The number of carbonyl (C=O) groups is 2. The van der Waals surface area contributed by atoms with Crippen molar-refractivity contribution in [3.63, 3.8) is 0 Å². The molecule has 2 aliphatic heterocycles. The van der Waals surface area contributed by atoms with Gasteiger partial charge in [0.1, 0.15) is 11.5 Å². The molecule has 0 spiro atoms. The Bertz CT molecular complexity index is 1150. The fourth-order valence-corrected chi connectivity index (χ4v) is 5.45. The van der Waals surface area contributed by atoms with E-state index < -0.39 is 16.1 Å². The molecule has 170 valence electrons. The molecule has 0 saturated carbocycles. The molecular formula is C22H25N3O6S. The zero-order valence-corrected chi connectivity index (χ0v) is 18.9. The fourth-order valence-electron chi connectivity index (χ4n) is 3.81. The summed E-state index contributed by atoms with van der Waals surface area (Å²) in [5.74, 6) is 0.573. The molecule has 0 aliphatic carbocycles. The van der Waals surface area contributed by atoms with E-state index in [1.807, 2.05) is 0 Å². The number of nitrogens with zero attached hydrogens (tertiary/aromatic N) is 2. The monoisotopic (exact) mass is 459 g/mol. The molecule has 2 amide bonds. The van der Waals surface area contributed by atoms with Crippen LogP contribution in [0.5, 0.6) is 11.5 Å². The molecule has 0 aromatic heterocycles. The summed E-state index contributed by atoms with van der Waals surface area (Å²) >= 11 is 0. The maximum atomic E-state index is 13.3. The number of ether oxygens (including phenoxy) is 2. The number of benzene rings is 2. The van der Waals surface area contributed by atoms with E-state index >= 15 is 0 Å². The second kappa shape index (κ2) is 8.44. The minimum atomic E-state index is -3.79. The van der Waals surface area contributed by atoms with Gasteiger partial charge in [-0.15, -0.1) is 0 Å². The molecule has 1 atom stereocenters. The maximum Gasteiger partial charge on any atom is 0.265 e. The van der Waals surface area contributed by atoms with Crippen molar-refractivity contribution in [2.45, 2.75) is 24.8 Å². The van der Waals surface area contributed by atoms with Gasteiger partial charge in [-0.1, -0.05) is 0 Å². The first-order chi connectivity index (χ1) is 15.2. The standard InChI is InChI=1S/C22H25N3O6S/c1-14-12-18-19(31-15(2)21(26)23-18)13-20(14)32(28,29)25-10-8-24(9-11-25)22(27)16-4-6-17(30-3)7-5-16/h4-7,12-13,15H,8-11H2,1-3H3,(H,23,26)/t15-/m1/s1. The highest BCUT2D eigenvalue weighted by Crippen LogP contribution is 2.35. The number of sulfonamides is 1. The molecular weight excluding hydrogens is 434 g/mol. The summed E-state index contributed by atoms with van der Waals surface area (Å²) < 4.78 is 38.7. The van der Waals surface area contributed by atoms with E-state index in [1.165, 1.54) is 10.4 Å². The van der Waals surface area contributed by atoms with E-state index in [1.54, 1.807) is 56.2 Å². The zero-order valence-electron chi connectivity index (χ0n) is 18.1. The van der Waals surface area contributed by atoms with Crippen molar-refractivity contribution < 1.29 is 27.5 Å². The number of methoxy groups -OCH3 is 1. The van der Waals surface area contributed by atoms with Gasteiger partial charge in [-0.2, -0.15) is 4.31 Å². The SMILES string of the molecule is COc1ccc(C(=O)N2CCN(S(=O)(=O)c3cc4c(cc3C)NC(=O)[C@@H](C)O4)CC2)cc1. The smallest absolute Gasteiger partial charge is 0.265 e. The molecule has 1 fully saturated rings. The third kappa shape index (κ3) is 4.03. The first-order valence-electron chi connectivity index (χ1n) is 10.3. The topological polar surface area (TPSA) is 105 Å². The summed E-state index contributed by atoms with van der Waals surface area (Å²) in [5, 5.41) is 2.73. The van der Waals surface area contributed by atoms with Crippen molar-refractivity contribution in [1.29, 1.82) is 0 Å². The van der Waals surface area contributed by atoms with Crippen LogP contribution in [0.15, 0.2) is 41.3 Å². The van der Waals surface area contributed by atoms with Crippen LogP contribution >= 0.6 is 0 Å². The molecule has 4 rings (SSSR count). The third-order valence-electron chi connectivity index (χ3n) is 5.69. The van der Waals surface area contributed by atoms with Gasteiger partial charge in [-0.25, -0.2) is 8.42 Å². The van der Waals surface area contributed by atoms with Crippen LogP contribution in [0.25, 0.3) is 0 Å². The van der Waals surface area contributed by atoms with Gasteiger partial charge >= 0.3 is 0 Å². The lowest BCUT2D eigenvalue weighted by atomic mass is 10.1. The normalized spacial score (nSPS) is 19.0. The van der Waals surface area contributed by atoms with Gasteiger partial charge in [0, 0.05) is 37.8 Å². The van der Waals surface area contributed by atoms with Gasteiger partial charge in [-0.05, 0) is 49.7 Å². The van der Waals surface area contributed by atoms with Gasteiger partial charge in [0.15, 0.2) is 6.10 Å². The van der Waals surface area contributed by atoms with Gasteiger partial charge in [0.2, 0.25) is 10.0 Å². The summed E-state index contributed by atoms with van der Waals surface area (Å²) in [7, 11) is -2.23. The minimum Gasteiger partial charge on any atom is -0.497 e. The van der Waals surface area contributed by atoms with Crippen molar-refractivity contribution in [3.05, 3.63) is 47.5 Å². The number of anilines is 1. The molecule has 1 saturated heterocycles. The zero-order chi connectivity index (χ0) is 23.0. The van der Waals surface area contributed by atoms with Crippen molar-refractivity contribution in [2.75, 3.05) is 38.6 Å². The highest BCUT2D eigenvalue weighted by molar-refractivity contribution is 7.89. The molecule has 2 heterocycles. The Labute approximate surface area is 187 Å². The molecule has 10 heteroatoms. The van der Waals surface area contributed by atoms with Crippen LogP contribution in [-0.2, 0) is 14.8 Å². The summed E-state index contributed by atoms with van der Waals surface area (Å²) in [6.45, 7) is 4.24. The van der Waals surface area contributed by atoms with E-state index in [2.05, 4.69) is 5.32 Å². The number of piperazine rings is 1. The van der Waals surface area contributed by atoms with Crippen LogP contribution in [0.3, 0.4) is 0 Å². The largest absolute Gasteiger partial charge is 0.497 e. The third-order valence-corrected chi connectivity index (χ3v) is 7.73. The number of rotatable bonds is 4. The Kier molecular flexibility index (Phi) is 5.83. The lowest BCUT2D eigenvalue weighted by molar-refractivity contribution is -0.122. The molecule has 1 N–H and O–H groups in total. The van der Waals surface area contributed by atoms with Gasteiger partial charge in [0.25, 0.3) is 11.8 Å². The Morgan fingerprint density at radius 3 is 2.41 bits per heavy atom. The van der Waals surface area contributed by atoms with E-state index in [4.69, 9.17) is 9.47 Å². The van der Waals surface area contributed by atoms with Crippen LogP contribution in [0.4, 0.5) is 5.69 Å². The second-order valence-corrected chi connectivity index (χ2v) is 9.69. The number of hydrogen-bond acceptors (Lipinski definition) is 6. The van der Waals surface area contributed by atoms with E-state index in [0.717, 1.165) is 0 Å². The summed E-state index contributed by atoms with van der Waals surface area (Å²) in [6, 6.07) is 9.90. The van der Waals surface area contributed by atoms with Crippen LogP contribution in [-0.4, -0.2) is 68.8 Å². The highest BCUT2D eigenvalue weighted by Gasteiger charge is 2.33.